The first kappa shape index (κ1) is 21.5. The molecule has 0 aliphatic heterocycles. The summed E-state index contributed by atoms with van der Waals surface area (Å²) in [7, 11) is -4.43. The SMILES string of the molecule is O=C(NS(=O)(=O)c1ccc(OC(F)(F)F)cc1)c1cn(-c2ccc(F)cc2Cl)nn1. The van der Waals surface area contributed by atoms with Gasteiger partial charge in [-0.05, 0) is 42.5 Å². The normalized spacial score (nSPS) is 11.9. The van der Waals surface area contributed by atoms with Gasteiger partial charge in [-0.15, -0.1) is 18.3 Å². The third kappa shape index (κ3) is 5.04. The summed E-state index contributed by atoms with van der Waals surface area (Å²) in [6.45, 7) is 0. The Labute approximate surface area is 171 Å². The summed E-state index contributed by atoms with van der Waals surface area (Å²) < 4.78 is 80.5. The number of carbonyl (C=O) groups is 1. The lowest BCUT2D eigenvalue weighted by molar-refractivity contribution is -0.274. The van der Waals surface area contributed by atoms with Crippen LogP contribution in [0.25, 0.3) is 5.69 Å². The van der Waals surface area contributed by atoms with Gasteiger partial charge in [-0.1, -0.05) is 16.8 Å². The van der Waals surface area contributed by atoms with E-state index in [0.29, 0.717) is 0 Å². The molecule has 2 aromatic carbocycles. The van der Waals surface area contributed by atoms with Gasteiger partial charge in [-0.2, -0.15) is 0 Å². The first-order valence-corrected chi connectivity index (χ1v) is 9.61. The quantitative estimate of drug-likeness (QED) is 0.582. The Morgan fingerprint density at radius 2 is 1.80 bits per heavy atom. The molecule has 0 fully saturated rings. The predicted molar refractivity (Wildman–Crippen MR) is 94.1 cm³/mol. The zero-order chi connectivity index (χ0) is 22.1. The molecule has 0 unspecified atom stereocenters. The van der Waals surface area contributed by atoms with Gasteiger partial charge in [0, 0.05) is 0 Å². The van der Waals surface area contributed by atoms with Gasteiger partial charge < -0.3 is 4.74 Å². The van der Waals surface area contributed by atoms with Crippen LogP contribution in [0.3, 0.4) is 0 Å². The maximum Gasteiger partial charge on any atom is 0.573 e. The summed E-state index contributed by atoms with van der Waals surface area (Å²) in [6, 6.07) is 6.58. The van der Waals surface area contributed by atoms with Crippen molar-refractivity contribution in [1.29, 1.82) is 0 Å². The Bertz CT molecular complexity index is 1200. The van der Waals surface area contributed by atoms with Crippen LogP contribution in [0.1, 0.15) is 10.5 Å². The number of aromatic nitrogens is 3. The fourth-order valence-electron chi connectivity index (χ4n) is 2.21. The number of halogens is 5. The molecule has 0 aliphatic rings. The van der Waals surface area contributed by atoms with Crippen LogP contribution in [0.15, 0.2) is 53.6 Å². The second kappa shape index (κ2) is 7.91. The van der Waals surface area contributed by atoms with Crippen LogP contribution in [0.4, 0.5) is 17.6 Å². The Morgan fingerprint density at radius 3 is 2.40 bits per heavy atom. The van der Waals surface area contributed by atoms with Crippen LogP contribution >= 0.6 is 11.6 Å². The van der Waals surface area contributed by atoms with E-state index in [9.17, 15) is 30.8 Å². The summed E-state index contributed by atoms with van der Waals surface area (Å²) in [4.78, 5) is 11.7. The number of carbonyl (C=O) groups excluding carboxylic acids is 1. The van der Waals surface area contributed by atoms with E-state index in [1.807, 2.05) is 0 Å². The molecule has 14 heteroatoms. The highest BCUT2D eigenvalue weighted by Gasteiger charge is 2.31. The average Bonchev–Trinajstić information content (AvgIpc) is 3.10. The van der Waals surface area contributed by atoms with Gasteiger partial charge >= 0.3 is 6.36 Å². The van der Waals surface area contributed by atoms with Crippen LogP contribution < -0.4 is 9.46 Å². The Hall–Kier alpha value is -3.19. The van der Waals surface area contributed by atoms with Crippen molar-refractivity contribution in [3.63, 3.8) is 0 Å². The molecule has 30 heavy (non-hydrogen) atoms. The lowest BCUT2D eigenvalue weighted by Gasteiger charge is -2.09. The number of hydrogen-bond donors (Lipinski definition) is 1. The number of sulfonamides is 1. The lowest BCUT2D eigenvalue weighted by atomic mass is 10.3. The van der Waals surface area contributed by atoms with E-state index >= 15 is 0 Å². The number of alkyl halides is 3. The van der Waals surface area contributed by atoms with E-state index in [1.165, 1.54) is 6.07 Å². The molecule has 1 heterocycles. The van der Waals surface area contributed by atoms with Gasteiger partial charge in [0.05, 0.1) is 21.8 Å². The number of nitrogens with zero attached hydrogens (tertiary/aromatic N) is 3. The monoisotopic (exact) mass is 464 g/mol. The molecule has 0 aliphatic carbocycles. The standard InChI is InChI=1S/C16H9ClF4N4O4S/c17-12-7-9(18)1-6-14(12)25-8-13(22-24-25)15(26)23-30(27,28)11-4-2-10(3-5-11)29-16(19,20)21/h1-8H,(H,23,26). The van der Waals surface area contributed by atoms with Crippen molar-refractivity contribution in [2.75, 3.05) is 0 Å². The number of ether oxygens (including phenoxy) is 1. The van der Waals surface area contributed by atoms with E-state index in [0.717, 1.165) is 47.3 Å². The van der Waals surface area contributed by atoms with Gasteiger partial charge in [-0.3, -0.25) is 4.79 Å². The van der Waals surface area contributed by atoms with E-state index in [4.69, 9.17) is 11.6 Å². The van der Waals surface area contributed by atoms with Crippen molar-refractivity contribution in [1.82, 2.24) is 19.7 Å². The molecule has 1 amide bonds. The number of nitrogens with one attached hydrogen (secondary N) is 1. The number of hydrogen-bond acceptors (Lipinski definition) is 6. The molecule has 1 N–H and O–H groups in total. The molecule has 0 saturated carbocycles. The molecule has 158 valence electrons. The molecular formula is C16H9ClF4N4O4S. The maximum absolute atomic E-state index is 13.1. The zero-order valence-electron chi connectivity index (χ0n) is 14.4. The van der Waals surface area contributed by atoms with Crippen LogP contribution in [-0.2, 0) is 10.0 Å². The minimum Gasteiger partial charge on any atom is -0.406 e. The van der Waals surface area contributed by atoms with Crippen LogP contribution in [0, 0.1) is 5.82 Å². The Balaban J connectivity index is 1.76. The van der Waals surface area contributed by atoms with Crippen LogP contribution in [-0.4, -0.2) is 35.7 Å². The Kier molecular flexibility index (Phi) is 5.67. The smallest absolute Gasteiger partial charge is 0.406 e. The molecule has 8 nitrogen and oxygen atoms in total. The van der Waals surface area contributed by atoms with E-state index < -0.39 is 44.4 Å². The number of amides is 1. The summed E-state index contributed by atoms with van der Waals surface area (Å²) in [5.74, 6) is -2.39. The van der Waals surface area contributed by atoms with Crippen molar-refractivity contribution in [2.45, 2.75) is 11.3 Å². The molecule has 0 atom stereocenters. The summed E-state index contributed by atoms with van der Waals surface area (Å²) >= 11 is 5.89. The molecule has 0 bridgehead atoms. The maximum atomic E-state index is 13.1. The lowest BCUT2D eigenvalue weighted by Crippen LogP contribution is -2.30. The predicted octanol–water partition coefficient (Wildman–Crippen LogP) is 3.08. The van der Waals surface area contributed by atoms with Gasteiger partial charge in [-0.25, -0.2) is 22.2 Å². The first-order valence-electron chi connectivity index (χ1n) is 7.75. The highest BCUT2D eigenvalue weighted by atomic mass is 35.5. The fraction of sp³-hybridized carbons (Fsp3) is 0.0625. The van der Waals surface area contributed by atoms with Gasteiger partial charge in [0.2, 0.25) is 0 Å². The number of benzene rings is 2. The highest BCUT2D eigenvalue weighted by Crippen LogP contribution is 2.24. The van der Waals surface area contributed by atoms with Gasteiger partial charge in [0.15, 0.2) is 5.69 Å². The van der Waals surface area contributed by atoms with E-state index in [-0.39, 0.29) is 10.7 Å². The molecule has 3 rings (SSSR count). The summed E-state index contributed by atoms with van der Waals surface area (Å²) in [6.07, 6.45) is -3.88. The highest BCUT2D eigenvalue weighted by molar-refractivity contribution is 7.90. The van der Waals surface area contributed by atoms with Crippen molar-refractivity contribution in [3.05, 3.63) is 65.2 Å². The molecule has 0 radical (unpaired) electrons. The van der Waals surface area contributed by atoms with E-state index in [2.05, 4.69) is 15.0 Å². The molecule has 3 aromatic rings. The average molecular weight is 465 g/mol. The van der Waals surface area contributed by atoms with E-state index in [1.54, 1.807) is 4.72 Å². The number of rotatable bonds is 5. The molecule has 0 saturated heterocycles. The van der Waals surface area contributed by atoms with Crippen molar-refractivity contribution in [3.8, 4) is 11.4 Å². The minimum atomic E-state index is -4.94. The topological polar surface area (TPSA) is 103 Å². The summed E-state index contributed by atoms with van der Waals surface area (Å²) in [5, 5.41) is 7.13. The zero-order valence-corrected chi connectivity index (χ0v) is 16.0. The van der Waals surface area contributed by atoms with Gasteiger partial charge in [0.25, 0.3) is 15.9 Å². The molecule has 1 aromatic heterocycles. The van der Waals surface area contributed by atoms with Crippen molar-refractivity contribution >= 4 is 27.5 Å². The second-order valence-electron chi connectivity index (χ2n) is 5.60. The largest absolute Gasteiger partial charge is 0.573 e. The summed E-state index contributed by atoms with van der Waals surface area (Å²) in [5.41, 5.74) is -0.219. The molecule has 0 spiro atoms. The fourth-order valence-corrected chi connectivity index (χ4v) is 3.42. The van der Waals surface area contributed by atoms with Crippen molar-refractivity contribution in [2.24, 2.45) is 0 Å². The van der Waals surface area contributed by atoms with Crippen LogP contribution in [0.5, 0.6) is 5.75 Å². The van der Waals surface area contributed by atoms with Crippen LogP contribution in [0.2, 0.25) is 5.02 Å². The minimum absolute atomic E-state index is 0.0272. The second-order valence-corrected chi connectivity index (χ2v) is 7.69. The van der Waals surface area contributed by atoms with Gasteiger partial charge in [0.1, 0.15) is 11.6 Å². The Morgan fingerprint density at radius 1 is 1.13 bits per heavy atom. The first-order chi connectivity index (χ1) is 13.9. The molecular weight excluding hydrogens is 456 g/mol. The third-order valence-corrected chi connectivity index (χ3v) is 5.13. The third-order valence-electron chi connectivity index (χ3n) is 3.48. The van der Waals surface area contributed by atoms with Crippen molar-refractivity contribution < 1.29 is 35.5 Å².